The van der Waals surface area contributed by atoms with Gasteiger partial charge in [-0.1, -0.05) is 6.92 Å². The first-order valence-electron chi connectivity index (χ1n) is 7.35. The van der Waals surface area contributed by atoms with Crippen LogP contribution >= 0.6 is 0 Å². The normalized spacial score (nSPS) is 16.8. The Morgan fingerprint density at radius 3 is 2.40 bits per heavy atom. The van der Waals surface area contributed by atoms with Crippen molar-refractivity contribution in [3.8, 4) is 0 Å². The van der Waals surface area contributed by atoms with E-state index >= 15 is 0 Å². The number of nitrogen functional groups attached to an aromatic ring is 1. The lowest BCUT2D eigenvalue weighted by Gasteiger charge is -2.47. The topological polar surface area (TPSA) is 79.1 Å². The SMILES string of the molecule is CCCNc1cc(NCC2(N(C)C)CCC2)nc(N)n1. The van der Waals surface area contributed by atoms with E-state index in [4.69, 9.17) is 5.73 Å². The molecule has 0 bridgehead atoms. The van der Waals surface area contributed by atoms with Crippen LogP contribution in [-0.4, -0.2) is 47.6 Å². The lowest BCUT2D eigenvalue weighted by Crippen LogP contribution is -2.54. The Morgan fingerprint density at radius 1 is 1.25 bits per heavy atom. The van der Waals surface area contributed by atoms with Gasteiger partial charge >= 0.3 is 0 Å². The van der Waals surface area contributed by atoms with Crippen LogP contribution in [0.5, 0.6) is 0 Å². The van der Waals surface area contributed by atoms with E-state index in [2.05, 4.69) is 46.5 Å². The maximum absolute atomic E-state index is 5.76. The number of nitrogens with one attached hydrogen (secondary N) is 2. The summed E-state index contributed by atoms with van der Waals surface area (Å²) in [7, 11) is 4.28. The summed E-state index contributed by atoms with van der Waals surface area (Å²) in [6.07, 6.45) is 4.81. The van der Waals surface area contributed by atoms with Crippen molar-refractivity contribution in [3.63, 3.8) is 0 Å². The Bertz CT molecular complexity index is 441. The largest absolute Gasteiger partial charge is 0.370 e. The molecule has 0 saturated heterocycles. The number of aromatic nitrogens is 2. The molecule has 4 N–H and O–H groups in total. The molecule has 1 saturated carbocycles. The van der Waals surface area contributed by atoms with Crippen LogP contribution in [0, 0.1) is 0 Å². The maximum Gasteiger partial charge on any atom is 0.223 e. The molecule has 6 heteroatoms. The number of hydrogen-bond donors (Lipinski definition) is 3. The Kier molecular flexibility index (Phi) is 4.65. The summed E-state index contributed by atoms with van der Waals surface area (Å²) in [6.45, 7) is 3.90. The molecule has 1 aromatic rings. The first-order valence-corrected chi connectivity index (χ1v) is 7.35. The highest BCUT2D eigenvalue weighted by Crippen LogP contribution is 2.36. The third-order valence-corrected chi connectivity index (χ3v) is 4.13. The van der Waals surface area contributed by atoms with Crippen molar-refractivity contribution in [1.82, 2.24) is 14.9 Å². The van der Waals surface area contributed by atoms with Crippen LogP contribution in [0.15, 0.2) is 6.07 Å². The van der Waals surface area contributed by atoms with E-state index in [0.717, 1.165) is 31.1 Å². The van der Waals surface area contributed by atoms with E-state index < -0.39 is 0 Å². The van der Waals surface area contributed by atoms with E-state index in [9.17, 15) is 0 Å². The number of likely N-dealkylation sites (N-methyl/N-ethyl adjacent to an activating group) is 1. The molecular weight excluding hydrogens is 252 g/mol. The van der Waals surface area contributed by atoms with E-state index in [1.165, 1.54) is 19.3 Å². The zero-order valence-corrected chi connectivity index (χ0v) is 12.7. The van der Waals surface area contributed by atoms with E-state index in [0.29, 0.717) is 5.95 Å². The van der Waals surface area contributed by atoms with Crippen LogP contribution in [0.4, 0.5) is 17.6 Å². The van der Waals surface area contributed by atoms with Crippen molar-refractivity contribution in [1.29, 1.82) is 0 Å². The number of hydrogen-bond acceptors (Lipinski definition) is 6. The number of anilines is 3. The molecule has 1 aliphatic rings. The molecule has 0 spiro atoms. The summed E-state index contributed by atoms with van der Waals surface area (Å²) in [5.74, 6) is 1.89. The number of nitrogens with two attached hydrogens (primary N) is 1. The summed E-state index contributed by atoms with van der Waals surface area (Å²) in [5.41, 5.74) is 6.02. The van der Waals surface area contributed by atoms with E-state index in [-0.39, 0.29) is 5.54 Å². The molecule has 20 heavy (non-hydrogen) atoms. The van der Waals surface area contributed by atoms with E-state index in [1.807, 2.05) is 6.07 Å². The molecule has 1 fully saturated rings. The quantitative estimate of drug-likeness (QED) is 0.705. The molecule has 0 atom stereocenters. The fourth-order valence-electron chi connectivity index (χ4n) is 2.52. The summed E-state index contributed by atoms with van der Waals surface area (Å²) < 4.78 is 0. The Balaban J connectivity index is 2.00. The average Bonchev–Trinajstić information content (AvgIpc) is 2.34. The fraction of sp³-hybridized carbons (Fsp3) is 0.714. The van der Waals surface area contributed by atoms with Gasteiger partial charge < -0.3 is 21.3 Å². The van der Waals surface area contributed by atoms with Crippen molar-refractivity contribution < 1.29 is 0 Å². The second kappa shape index (κ2) is 6.26. The second-order valence-corrected chi connectivity index (χ2v) is 5.75. The van der Waals surface area contributed by atoms with Gasteiger partial charge in [0.2, 0.25) is 5.95 Å². The Labute approximate surface area is 121 Å². The van der Waals surface area contributed by atoms with Crippen LogP contribution in [0.25, 0.3) is 0 Å². The van der Waals surface area contributed by atoms with Crippen molar-refractivity contribution in [2.24, 2.45) is 0 Å². The van der Waals surface area contributed by atoms with Gasteiger partial charge in [-0.3, -0.25) is 0 Å². The molecule has 6 nitrogen and oxygen atoms in total. The van der Waals surface area contributed by atoms with Gasteiger partial charge in [0, 0.05) is 24.7 Å². The zero-order valence-electron chi connectivity index (χ0n) is 12.7. The molecule has 0 unspecified atom stereocenters. The minimum Gasteiger partial charge on any atom is -0.370 e. The van der Waals surface area contributed by atoms with Gasteiger partial charge in [-0.15, -0.1) is 0 Å². The zero-order chi connectivity index (χ0) is 14.6. The summed E-state index contributed by atoms with van der Waals surface area (Å²) in [6, 6.07) is 1.92. The smallest absolute Gasteiger partial charge is 0.223 e. The van der Waals surface area contributed by atoms with Gasteiger partial charge in [-0.2, -0.15) is 9.97 Å². The molecule has 0 amide bonds. The minimum absolute atomic E-state index is 0.261. The van der Waals surface area contributed by atoms with E-state index in [1.54, 1.807) is 0 Å². The summed E-state index contributed by atoms with van der Waals surface area (Å²) in [5, 5.41) is 6.66. The number of rotatable bonds is 7. The summed E-state index contributed by atoms with van der Waals surface area (Å²) >= 11 is 0. The monoisotopic (exact) mass is 278 g/mol. The van der Waals surface area contributed by atoms with Gasteiger partial charge in [0.15, 0.2) is 0 Å². The lowest BCUT2D eigenvalue weighted by molar-refractivity contribution is 0.0738. The molecule has 1 aromatic heterocycles. The summed E-state index contributed by atoms with van der Waals surface area (Å²) in [4.78, 5) is 10.8. The molecule has 2 rings (SSSR count). The van der Waals surface area contributed by atoms with Crippen molar-refractivity contribution >= 4 is 17.6 Å². The Morgan fingerprint density at radius 2 is 1.90 bits per heavy atom. The predicted octanol–water partition coefficient (Wildman–Crippen LogP) is 1.78. The van der Waals surface area contributed by atoms with Gasteiger partial charge in [0.05, 0.1) is 0 Å². The van der Waals surface area contributed by atoms with Crippen LogP contribution in [0.2, 0.25) is 0 Å². The van der Waals surface area contributed by atoms with Gasteiger partial charge in [0.1, 0.15) is 11.6 Å². The Hall–Kier alpha value is -1.56. The van der Waals surface area contributed by atoms with Gasteiger partial charge in [-0.25, -0.2) is 0 Å². The molecule has 0 radical (unpaired) electrons. The highest BCUT2D eigenvalue weighted by molar-refractivity contribution is 5.51. The third-order valence-electron chi connectivity index (χ3n) is 4.13. The fourth-order valence-corrected chi connectivity index (χ4v) is 2.52. The molecule has 1 heterocycles. The second-order valence-electron chi connectivity index (χ2n) is 5.75. The van der Waals surface area contributed by atoms with Gasteiger partial charge in [0.25, 0.3) is 0 Å². The van der Waals surface area contributed by atoms with Crippen LogP contribution in [-0.2, 0) is 0 Å². The standard InChI is InChI=1S/C14H26N6/c1-4-8-16-11-9-12(19-13(15)18-11)17-10-14(20(2)3)6-5-7-14/h9H,4-8,10H2,1-3H3,(H4,15,16,17,18,19). The molecule has 0 aliphatic heterocycles. The average molecular weight is 278 g/mol. The molecular formula is C14H26N6. The first kappa shape index (κ1) is 14.8. The predicted molar refractivity (Wildman–Crippen MR) is 84.0 cm³/mol. The molecule has 1 aliphatic carbocycles. The lowest BCUT2D eigenvalue weighted by atomic mass is 9.75. The van der Waals surface area contributed by atoms with Gasteiger partial charge in [-0.05, 0) is 39.8 Å². The van der Waals surface area contributed by atoms with Crippen LogP contribution < -0.4 is 16.4 Å². The van der Waals surface area contributed by atoms with Crippen molar-refractivity contribution in [3.05, 3.63) is 6.07 Å². The maximum atomic E-state index is 5.76. The minimum atomic E-state index is 0.261. The highest BCUT2D eigenvalue weighted by atomic mass is 15.2. The third kappa shape index (κ3) is 3.30. The highest BCUT2D eigenvalue weighted by Gasteiger charge is 2.38. The molecule has 0 aromatic carbocycles. The van der Waals surface area contributed by atoms with Crippen LogP contribution in [0.3, 0.4) is 0 Å². The van der Waals surface area contributed by atoms with Crippen LogP contribution in [0.1, 0.15) is 32.6 Å². The van der Waals surface area contributed by atoms with Crippen molar-refractivity contribution in [2.45, 2.75) is 38.1 Å². The first-order chi connectivity index (χ1) is 9.55. The molecule has 112 valence electrons. The van der Waals surface area contributed by atoms with Crippen molar-refractivity contribution in [2.75, 3.05) is 43.6 Å². The number of nitrogens with zero attached hydrogens (tertiary/aromatic N) is 3.